The maximum Gasteiger partial charge on any atom is 0.289 e. The second kappa shape index (κ2) is 5.05. The SMILES string of the molecule is Cc1c(C(=O)N(C)C(C)CN)oc2c(C)cccc12. The van der Waals surface area contributed by atoms with Crippen LogP contribution in [-0.2, 0) is 0 Å². The summed E-state index contributed by atoms with van der Waals surface area (Å²) in [4.78, 5) is 14.0. The van der Waals surface area contributed by atoms with Crippen molar-refractivity contribution in [1.29, 1.82) is 0 Å². The monoisotopic (exact) mass is 260 g/mol. The van der Waals surface area contributed by atoms with Crippen molar-refractivity contribution < 1.29 is 9.21 Å². The van der Waals surface area contributed by atoms with Gasteiger partial charge in [0.1, 0.15) is 5.58 Å². The van der Waals surface area contributed by atoms with E-state index in [1.54, 1.807) is 11.9 Å². The molecule has 4 nitrogen and oxygen atoms in total. The standard InChI is InChI=1S/C15H20N2O2/c1-9-6-5-7-12-11(3)14(19-13(9)12)15(18)17(4)10(2)8-16/h5-7,10H,8,16H2,1-4H3. The molecule has 0 fully saturated rings. The van der Waals surface area contributed by atoms with Crippen LogP contribution in [0.3, 0.4) is 0 Å². The Balaban J connectivity index is 2.49. The van der Waals surface area contributed by atoms with Gasteiger partial charge in [-0.1, -0.05) is 18.2 Å². The lowest BCUT2D eigenvalue weighted by Gasteiger charge is -2.22. The molecule has 2 N–H and O–H groups in total. The number of hydrogen-bond acceptors (Lipinski definition) is 3. The van der Waals surface area contributed by atoms with Gasteiger partial charge in [0.05, 0.1) is 0 Å². The first-order valence-corrected chi connectivity index (χ1v) is 6.43. The van der Waals surface area contributed by atoms with Crippen LogP contribution in [0.1, 0.15) is 28.6 Å². The first kappa shape index (κ1) is 13.6. The fourth-order valence-electron chi connectivity index (χ4n) is 2.11. The van der Waals surface area contributed by atoms with Crippen molar-refractivity contribution in [3.05, 3.63) is 35.1 Å². The number of fused-ring (bicyclic) bond motifs is 1. The summed E-state index contributed by atoms with van der Waals surface area (Å²) in [5.41, 5.74) is 8.32. The summed E-state index contributed by atoms with van der Waals surface area (Å²) in [7, 11) is 1.75. The van der Waals surface area contributed by atoms with Crippen LogP contribution in [0.5, 0.6) is 0 Å². The van der Waals surface area contributed by atoms with Gasteiger partial charge in [-0.15, -0.1) is 0 Å². The molecular formula is C15H20N2O2. The lowest BCUT2D eigenvalue weighted by atomic mass is 10.1. The highest BCUT2D eigenvalue weighted by Gasteiger charge is 2.23. The van der Waals surface area contributed by atoms with Crippen molar-refractivity contribution >= 4 is 16.9 Å². The van der Waals surface area contributed by atoms with Gasteiger partial charge in [0, 0.05) is 30.6 Å². The first-order valence-electron chi connectivity index (χ1n) is 6.43. The van der Waals surface area contributed by atoms with E-state index >= 15 is 0 Å². The highest BCUT2D eigenvalue weighted by molar-refractivity contribution is 5.99. The third kappa shape index (κ3) is 2.24. The van der Waals surface area contributed by atoms with Crippen LogP contribution < -0.4 is 5.73 Å². The maximum absolute atomic E-state index is 12.4. The number of rotatable bonds is 3. The van der Waals surface area contributed by atoms with E-state index < -0.39 is 0 Å². The molecule has 0 aliphatic heterocycles. The Bertz CT molecular complexity index is 616. The molecule has 2 aromatic rings. The van der Waals surface area contributed by atoms with Crippen LogP contribution >= 0.6 is 0 Å². The van der Waals surface area contributed by atoms with Crippen molar-refractivity contribution in [1.82, 2.24) is 4.90 Å². The average molecular weight is 260 g/mol. The van der Waals surface area contributed by atoms with Crippen LogP contribution in [0.25, 0.3) is 11.0 Å². The molecule has 2 rings (SSSR count). The van der Waals surface area contributed by atoms with Gasteiger partial charge in [0.25, 0.3) is 5.91 Å². The summed E-state index contributed by atoms with van der Waals surface area (Å²) in [5.74, 6) is 0.290. The van der Waals surface area contributed by atoms with Gasteiger partial charge in [-0.2, -0.15) is 0 Å². The summed E-state index contributed by atoms with van der Waals surface area (Å²) in [6.45, 7) is 6.24. The third-order valence-corrected chi connectivity index (χ3v) is 3.68. The molecule has 0 aliphatic carbocycles. The zero-order chi connectivity index (χ0) is 14.2. The van der Waals surface area contributed by atoms with Crippen molar-refractivity contribution in [2.75, 3.05) is 13.6 Å². The number of nitrogens with two attached hydrogens (primary N) is 1. The summed E-state index contributed by atoms with van der Waals surface area (Å²) in [6, 6.07) is 5.91. The fourth-order valence-corrected chi connectivity index (χ4v) is 2.11. The molecule has 0 saturated heterocycles. The van der Waals surface area contributed by atoms with Crippen molar-refractivity contribution in [2.24, 2.45) is 5.73 Å². The van der Waals surface area contributed by atoms with Gasteiger partial charge in [0.15, 0.2) is 5.76 Å². The number of para-hydroxylation sites is 1. The fraction of sp³-hybridized carbons (Fsp3) is 0.400. The van der Waals surface area contributed by atoms with E-state index in [-0.39, 0.29) is 11.9 Å². The van der Waals surface area contributed by atoms with Gasteiger partial charge in [-0.25, -0.2) is 0 Å². The van der Waals surface area contributed by atoms with Gasteiger partial charge in [-0.05, 0) is 26.3 Å². The molecule has 19 heavy (non-hydrogen) atoms. The third-order valence-electron chi connectivity index (χ3n) is 3.68. The van der Waals surface area contributed by atoms with Gasteiger partial charge >= 0.3 is 0 Å². The van der Waals surface area contributed by atoms with Crippen molar-refractivity contribution in [2.45, 2.75) is 26.8 Å². The molecular weight excluding hydrogens is 240 g/mol. The zero-order valence-electron chi connectivity index (χ0n) is 11.9. The van der Waals surface area contributed by atoms with Crippen LogP contribution in [-0.4, -0.2) is 30.4 Å². The second-order valence-corrected chi connectivity index (χ2v) is 5.01. The number of carbonyl (C=O) groups excluding carboxylic acids is 1. The van der Waals surface area contributed by atoms with Crippen LogP contribution in [0.4, 0.5) is 0 Å². The largest absolute Gasteiger partial charge is 0.450 e. The maximum atomic E-state index is 12.4. The Morgan fingerprint density at radius 1 is 1.42 bits per heavy atom. The predicted octanol–water partition coefficient (Wildman–Crippen LogP) is 2.47. The molecule has 1 atom stereocenters. The highest BCUT2D eigenvalue weighted by Crippen LogP contribution is 2.28. The molecule has 0 bridgehead atoms. The Hall–Kier alpha value is -1.81. The van der Waals surface area contributed by atoms with Gasteiger partial charge in [0.2, 0.25) is 0 Å². The lowest BCUT2D eigenvalue weighted by molar-refractivity contribution is 0.0717. The normalized spacial score (nSPS) is 12.7. The zero-order valence-corrected chi connectivity index (χ0v) is 11.9. The number of carbonyl (C=O) groups is 1. The quantitative estimate of drug-likeness (QED) is 0.922. The van der Waals surface area contributed by atoms with E-state index in [4.69, 9.17) is 10.2 Å². The second-order valence-electron chi connectivity index (χ2n) is 5.01. The molecule has 4 heteroatoms. The highest BCUT2D eigenvalue weighted by atomic mass is 16.3. The molecule has 102 valence electrons. The molecule has 0 saturated carbocycles. The van der Waals surface area contributed by atoms with E-state index in [1.807, 2.05) is 39.0 Å². The summed E-state index contributed by atoms with van der Waals surface area (Å²) >= 11 is 0. The smallest absolute Gasteiger partial charge is 0.289 e. The lowest BCUT2D eigenvalue weighted by Crippen LogP contribution is -2.39. The Labute approximate surface area is 113 Å². The van der Waals surface area contributed by atoms with Crippen LogP contribution in [0.2, 0.25) is 0 Å². The van der Waals surface area contributed by atoms with E-state index in [9.17, 15) is 4.79 Å². The minimum Gasteiger partial charge on any atom is -0.450 e. The number of amides is 1. The molecule has 0 aliphatic rings. The molecule has 1 heterocycles. The Kier molecular flexibility index (Phi) is 3.62. The van der Waals surface area contributed by atoms with E-state index in [2.05, 4.69) is 0 Å². The Morgan fingerprint density at radius 3 is 2.68 bits per heavy atom. The Morgan fingerprint density at radius 2 is 2.11 bits per heavy atom. The molecule has 0 radical (unpaired) electrons. The average Bonchev–Trinajstić information content (AvgIpc) is 2.75. The number of likely N-dealkylation sites (N-methyl/N-ethyl adjacent to an activating group) is 1. The number of aryl methyl sites for hydroxylation is 2. The van der Waals surface area contributed by atoms with Crippen molar-refractivity contribution in [3.63, 3.8) is 0 Å². The number of hydrogen-bond donors (Lipinski definition) is 1. The van der Waals surface area contributed by atoms with Gasteiger partial charge < -0.3 is 15.1 Å². The van der Waals surface area contributed by atoms with Crippen LogP contribution in [0, 0.1) is 13.8 Å². The predicted molar refractivity (Wildman–Crippen MR) is 76.3 cm³/mol. The molecule has 1 aromatic carbocycles. The van der Waals surface area contributed by atoms with Crippen molar-refractivity contribution in [3.8, 4) is 0 Å². The van der Waals surface area contributed by atoms with E-state index in [0.29, 0.717) is 12.3 Å². The summed E-state index contributed by atoms with van der Waals surface area (Å²) in [6.07, 6.45) is 0. The van der Waals surface area contributed by atoms with E-state index in [1.165, 1.54) is 0 Å². The summed E-state index contributed by atoms with van der Waals surface area (Å²) in [5, 5.41) is 0.997. The molecule has 1 unspecified atom stereocenters. The summed E-state index contributed by atoms with van der Waals surface area (Å²) < 4.78 is 5.78. The number of furan rings is 1. The first-order chi connectivity index (χ1) is 8.97. The minimum absolute atomic E-state index is 0.0128. The van der Waals surface area contributed by atoms with Crippen LogP contribution in [0.15, 0.2) is 22.6 Å². The number of benzene rings is 1. The molecule has 1 aromatic heterocycles. The van der Waals surface area contributed by atoms with Gasteiger partial charge in [-0.3, -0.25) is 4.79 Å². The minimum atomic E-state index is -0.119. The topological polar surface area (TPSA) is 59.5 Å². The van der Waals surface area contributed by atoms with E-state index in [0.717, 1.165) is 22.1 Å². The molecule has 1 amide bonds. The molecule has 0 spiro atoms. The number of nitrogens with zero attached hydrogens (tertiary/aromatic N) is 1.